The van der Waals surface area contributed by atoms with Gasteiger partial charge < -0.3 is 19.1 Å². The first-order valence-corrected chi connectivity index (χ1v) is 12.3. The summed E-state index contributed by atoms with van der Waals surface area (Å²) >= 11 is 0. The Morgan fingerprint density at radius 1 is 1.21 bits per heavy atom. The predicted octanol–water partition coefficient (Wildman–Crippen LogP) is 4.12. The van der Waals surface area contributed by atoms with Crippen molar-refractivity contribution in [3.63, 3.8) is 0 Å². The van der Waals surface area contributed by atoms with Crippen molar-refractivity contribution in [2.75, 3.05) is 26.8 Å². The van der Waals surface area contributed by atoms with Crippen LogP contribution in [0.25, 0.3) is 11.0 Å². The maximum atomic E-state index is 12.1. The number of fused-ring (bicyclic) bond motifs is 1. The van der Waals surface area contributed by atoms with E-state index < -0.39 is 0 Å². The van der Waals surface area contributed by atoms with Crippen molar-refractivity contribution in [1.29, 1.82) is 0 Å². The highest BCUT2D eigenvalue weighted by atomic mass is 16.5. The number of nitrogens with zero attached hydrogens (tertiary/aromatic N) is 3. The van der Waals surface area contributed by atoms with E-state index in [-0.39, 0.29) is 18.7 Å². The zero-order valence-corrected chi connectivity index (χ0v) is 20.4. The van der Waals surface area contributed by atoms with Crippen molar-refractivity contribution < 1.29 is 19.4 Å². The third-order valence-electron chi connectivity index (χ3n) is 6.67. The topological polar surface area (TPSA) is 76.8 Å². The molecule has 1 N–H and O–H groups in total. The molecule has 5 rings (SSSR count). The normalized spacial score (nSPS) is 20.0. The summed E-state index contributed by atoms with van der Waals surface area (Å²) in [6.07, 6.45) is 2.33. The van der Waals surface area contributed by atoms with E-state index >= 15 is 0 Å². The number of hydrogen-bond acceptors (Lipinski definition) is 6. The van der Waals surface area contributed by atoms with Crippen molar-refractivity contribution in [1.82, 2.24) is 14.5 Å². The quantitative estimate of drug-likeness (QED) is 0.529. The van der Waals surface area contributed by atoms with E-state index in [0.29, 0.717) is 11.5 Å². The molecule has 182 valence electrons. The monoisotopic (exact) mass is 465 g/mol. The van der Waals surface area contributed by atoms with Gasteiger partial charge in [0.1, 0.15) is 5.82 Å². The Kier molecular flexibility index (Phi) is 7.98. The summed E-state index contributed by atoms with van der Waals surface area (Å²) < 4.78 is 12.8. The molecular formula is C27H35N3O4. The molecule has 3 heterocycles. The smallest absolute Gasteiger partial charge is 0.337 e. The lowest BCUT2D eigenvalue weighted by Gasteiger charge is -2.28. The molecule has 0 bridgehead atoms. The van der Waals surface area contributed by atoms with Crippen LogP contribution in [-0.2, 0) is 29.2 Å². The molecular weight excluding hydrogens is 430 g/mol. The largest absolute Gasteiger partial charge is 0.465 e. The van der Waals surface area contributed by atoms with Crippen LogP contribution in [0.1, 0.15) is 59.9 Å². The van der Waals surface area contributed by atoms with Gasteiger partial charge in [-0.25, -0.2) is 9.78 Å². The van der Waals surface area contributed by atoms with Crippen molar-refractivity contribution >= 4 is 17.0 Å². The Morgan fingerprint density at radius 3 is 2.74 bits per heavy atom. The first-order chi connectivity index (χ1) is 16.6. The fraction of sp³-hybridized carbons (Fsp3) is 0.481. The summed E-state index contributed by atoms with van der Waals surface area (Å²) in [7, 11) is 1.40. The molecule has 2 unspecified atom stereocenters. The highest BCUT2D eigenvalue weighted by molar-refractivity contribution is 5.93. The fourth-order valence-corrected chi connectivity index (χ4v) is 4.77. The van der Waals surface area contributed by atoms with Gasteiger partial charge in [0.2, 0.25) is 0 Å². The molecule has 2 aromatic carbocycles. The molecule has 0 aliphatic carbocycles. The van der Waals surface area contributed by atoms with Crippen LogP contribution in [0.4, 0.5) is 0 Å². The fourth-order valence-electron chi connectivity index (χ4n) is 4.77. The summed E-state index contributed by atoms with van der Waals surface area (Å²) in [5.41, 5.74) is 4.62. The van der Waals surface area contributed by atoms with E-state index in [1.807, 2.05) is 38.1 Å². The molecule has 2 aliphatic heterocycles. The number of esters is 1. The van der Waals surface area contributed by atoms with Crippen LogP contribution in [0.5, 0.6) is 0 Å². The van der Waals surface area contributed by atoms with Crippen LogP contribution in [0.3, 0.4) is 0 Å². The number of methoxy groups -OCH3 is 1. The number of benzene rings is 2. The average Bonchev–Trinajstić information content (AvgIpc) is 3.46. The highest BCUT2D eigenvalue weighted by Gasteiger charge is 2.27. The average molecular weight is 466 g/mol. The van der Waals surface area contributed by atoms with Gasteiger partial charge in [-0.2, -0.15) is 0 Å². The van der Waals surface area contributed by atoms with Gasteiger partial charge in [0, 0.05) is 13.2 Å². The number of aliphatic hydroxyl groups excluding tert-OH is 1. The zero-order valence-electron chi connectivity index (χ0n) is 20.4. The molecule has 2 fully saturated rings. The number of carbonyl (C=O) groups excluding carboxylic acids is 1. The van der Waals surface area contributed by atoms with Gasteiger partial charge in [0.15, 0.2) is 0 Å². The summed E-state index contributed by atoms with van der Waals surface area (Å²) in [5.74, 6) is 1.12. The molecule has 0 radical (unpaired) electrons. The van der Waals surface area contributed by atoms with Gasteiger partial charge in [-0.3, -0.25) is 4.90 Å². The number of imidazole rings is 1. The SMILES string of the molecule is CC.COC(=O)c1ccc2nc(CN3CCC(c4cccc(CO)c4)C3)n(CC3CCO3)c2c1. The van der Waals surface area contributed by atoms with E-state index in [4.69, 9.17) is 14.5 Å². The first kappa shape index (κ1) is 24.4. The summed E-state index contributed by atoms with van der Waals surface area (Å²) in [5, 5.41) is 9.46. The van der Waals surface area contributed by atoms with E-state index in [9.17, 15) is 9.90 Å². The maximum absolute atomic E-state index is 12.1. The van der Waals surface area contributed by atoms with Crippen molar-refractivity contribution in [3.05, 3.63) is 65.0 Å². The van der Waals surface area contributed by atoms with Gasteiger partial charge in [-0.15, -0.1) is 0 Å². The van der Waals surface area contributed by atoms with Crippen molar-refractivity contribution in [2.45, 2.75) is 58.4 Å². The number of aliphatic hydroxyl groups is 1. The molecule has 34 heavy (non-hydrogen) atoms. The van der Waals surface area contributed by atoms with Crippen LogP contribution in [0.15, 0.2) is 42.5 Å². The Morgan fingerprint density at radius 2 is 2.03 bits per heavy atom. The molecule has 2 atom stereocenters. The van der Waals surface area contributed by atoms with Crippen LogP contribution < -0.4 is 0 Å². The van der Waals surface area contributed by atoms with E-state index in [2.05, 4.69) is 21.6 Å². The second-order valence-electron chi connectivity index (χ2n) is 8.74. The van der Waals surface area contributed by atoms with Gasteiger partial charge in [-0.05, 0) is 54.6 Å². The summed E-state index contributed by atoms with van der Waals surface area (Å²) in [6.45, 7) is 8.35. The standard InChI is InChI=1S/C25H29N3O4.C2H6/c1-31-25(30)19-5-6-22-23(12-19)28(14-21-8-10-32-21)24(26-22)15-27-9-7-20(13-27)18-4-2-3-17(11-18)16-29;1-2/h2-6,11-12,20-21,29H,7-10,13-16H2,1H3;1-2H3. The molecule has 2 saturated heterocycles. The Hall–Kier alpha value is -2.74. The first-order valence-electron chi connectivity index (χ1n) is 12.3. The lowest BCUT2D eigenvalue weighted by molar-refractivity contribution is -0.0591. The second-order valence-corrected chi connectivity index (χ2v) is 8.74. The van der Waals surface area contributed by atoms with Crippen molar-refractivity contribution in [2.24, 2.45) is 0 Å². The molecule has 0 spiro atoms. The molecule has 2 aliphatic rings. The van der Waals surface area contributed by atoms with E-state index in [0.717, 1.165) is 68.0 Å². The van der Waals surface area contributed by atoms with Gasteiger partial charge in [0.05, 0.1) is 49.5 Å². The third kappa shape index (κ3) is 5.17. The number of ether oxygens (including phenoxy) is 2. The summed E-state index contributed by atoms with van der Waals surface area (Å²) in [6, 6.07) is 13.8. The minimum Gasteiger partial charge on any atom is -0.465 e. The molecule has 0 saturated carbocycles. The summed E-state index contributed by atoms with van der Waals surface area (Å²) in [4.78, 5) is 19.4. The third-order valence-corrected chi connectivity index (χ3v) is 6.67. The lowest BCUT2D eigenvalue weighted by atomic mass is 9.97. The number of rotatable bonds is 7. The van der Waals surface area contributed by atoms with E-state index in [1.165, 1.54) is 12.7 Å². The van der Waals surface area contributed by atoms with Crippen LogP contribution in [-0.4, -0.2) is 58.4 Å². The lowest BCUT2D eigenvalue weighted by Crippen LogP contribution is -2.32. The minimum absolute atomic E-state index is 0.0745. The van der Waals surface area contributed by atoms with Crippen LogP contribution in [0, 0.1) is 0 Å². The number of likely N-dealkylation sites (tertiary alicyclic amines) is 1. The highest BCUT2D eigenvalue weighted by Crippen LogP contribution is 2.30. The Balaban J connectivity index is 0.00000133. The second kappa shape index (κ2) is 11.1. The number of carbonyl (C=O) groups is 1. The van der Waals surface area contributed by atoms with Gasteiger partial charge >= 0.3 is 5.97 Å². The Labute approximate surface area is 201 Å². The predicted molar refractivity (Wildman–Crippen MR) is 132 cm³/mol. The Bertz CT molecular complexity index is 1120. The van der Waals surface area contributed by atoms with Crippen molar-refractivity contribution in [3.8, 4) is 0 Å². The zero-order chi connectivity index (χ0) is 24.1. The molecule has 1 aromatic heterocycles. The van der Waals surface area contributed by atoms with Gasteiger partial charge in [0.25, 0.3) is 0 Å². The minimum atomic E-state index is -0.339. The van der Waals surface area contributed by atoms with Crippen LogP contribution in [0.2, 0.25) is 0 Å². The van der Waals surface area contributed by atoms with E-state index in [1.54, 1.807) is 6.07 Å². The number of hydrogen-bond donors (Lipinski definition) is 1. The molecule has 7 heteroatoms. The van der Waals surface area contributed by atoms with Gasteiger partial charge in [-0.1, -0.05) is 38.1 Å². The maximum Gasteiger partial charge on any atom is 0.337 e. The molecule has 3 aromatic rings. The van der Waals surface area contributed by atoms with Crippen LogP contribution >= 0.6 is 0 Å². The molecule has 7 nitrogen and oxygen atoms in total. The molecule has 0 amide bonds. The number of aromatic nitrogens is 2.